The summed E-state index contributed by atoms with van der Waals surface area (Å²) in [5, 5.41) is 6.23. The van der Waals surface area contributed by atoms with Crippen LogP contribution in [0.5, 0.6) is 0 Å². The number of nitrogens with zero attached hydrogens (tertiary/aromatic N) is 1. The van der Waals surface area contributed by atoms with E-state index in [9.17, 15) is 4.39 Å². The summed E-state index contributed by atoms with van der Waals surface area (Å²) in [6, 6.07) is 5.11. The van der Waals surface area contributed by atoms with Crippen LogP contribution in [0.2, 0.25) is 0 Å². The minimum absolute atomic E-state index is 0.167. The van der Waals surface area contributed by atoms with Gasteiger partial charge in [0, 0.05) is 23.9 Å². The molecule has 1 heterocycles. The quantitative estimate of drug-likeness (QED) is 0.902. The lowest BCUT2D eigenvalue weighted by molar-refractivity contribution is 0.619. The van der Waals surface area contributed by atoms with Crippen molar-refractivity contribution < 1.29 is 4.39 Å². The van der Waals surface area contributed by atoms with Crippen LogP contribution in [0.15, 0.2) is 23.6 Å². The van der Waals surface area contributed by atoms with Crippen LogP contribution in [0.1, 0.15) is 10.6 Å². The predicted molar refractivity (Wildman–Crippen MR) is 69.9 cm³/mol. The molecule has 2 rings (SSSR count). The van der Waals surface area contributed by atoms with Crippen molar-refractivity contribution in [3.05, 3.63) is 40.0 Å². The molecule has 90 valence electrons. The maximum atomic E-state index is 13.2. The topological polar surface area (TPSA) is 24.9 Å². The van der Waals surface area contributed by atoms with Crippen molar-refractivity contribution in [3.63, 3.8) is 0 Å². The normalized spacial score (nSPS) is 10.8. The van der Waals surface area contributed by atoms with Crippen LogP contribution in [-0.2, 0) is 6.42 Å². The first kappa shape index (κ1) is 12.2. The number of likely N-dealkylation sites (N-methyl/N-ethyl adjacent to an activating group) is 1. The molecule has 0 unspecified atom stereocenters. The number of aromatic nitrogens is 1. The third-order valence-corrected chi connectivity index (χ3v) is 3.50. The summed E-state index contributed by atoms with van der Waals surface area (Å²) in [5.41, 5.74) is 2.58. The molecule has 0 bridgehead atoms. The fourth-order valence-electron chi connectivity index (χ4n) is 1.59. The van der Waals surface area contributed by atoms with Crippen molar-refractivity contribution in [1.82, 2.24) is 10.3 Å². The van der Waals surface area contributed by atoms with E-state index in [0.29, 0.717) is 5.56 Å². The molecule has 0 fully saturated rings. The van der Waals surface area contributed by atoms with Crippen molar-refractivity contribution >= 4 is 11.3 Å². The minimum Gasteiger partial charge on any atom is -0.319 e. The molecule has 2 aromatic rings. The highest BCUT2D eigenvalue weighted by Crippen LogP contribution is 2.23. The summed E-state index contributed by atoms with van der Waals surface area (Å²) in [5.74, 6) is -0.167. The summed E-state index contributed by atoms with van der Waals surface area (Å²) in [4.78, 5) is 4.54. The largest absolute Gasteiger partial charge is 0.319 e. The van der Waals surface area contributed by atoms with Crippen molar-refractivity contribution in [2.75, 3.05) is 13.6 Å². The van der Waals surface area contributed by atoms with Crippen LogP contribution < -0.4 is 5.32 Å². The molecule has 0 saturated heterocycles. The Bertz CT molecular complexity index is 508. The highest BCUT2D eigenvalue weighted by molar-refractivity contribution is 7.09. The van der Waals surface area contributed by atoms with Crippen LogP contribution in [-0.4, -0.2) is 18.6 Å². The molecule has 0 aliphatic rings. The lowest BCUT2D eigenvalue weighted by Gasteiger charge is -2.00. The van der Waals surface area contributed by atoms with Gasteiger partial charge in [0.1, 0.15) is 5.82 Å². The van der Waals surface area contributed by atoms with E-state index in [1.165, 1.54) is 6.07 Å². The first-order chi connectivity index (χ1) is 8.20. The lowest BCUT2D eigenvalue weighted by atomic mass is 10.1. The predicted octanol–water partition coefficient (Wildman–Crippen LogP) is 3.02. The summed E-state index contributed by atoms with van der Waals surface area (Å²) in [7, 11) is 1.93. The fourth-order valence-corrected chi connectivity index (χ4v) is 2.40. The monoisotopic (exact) mass is 250 g/mol. The number of hydrogen-bond donors (Lipinski definition) is 1. The van der Waals surface area contributed by atoms with E-state index < -0.39 is 0 Å². The van der Waals surface area contributed by atoms with Gasteiger partial charge in [-0.05, 0) is 37.7 Å². The van der Waals surface area contributed by atoms with Gasteiger partial charge in [0.15, 0.2) is 0 Å². The molecule has 0 amide bonds. The second kappa shape index (κ2) is 5.38. The van der Waals surface area contributed by atoms with Crippen LogP contribution >= 0.6 is 11.3 Å². The number of thiazole rings is 1. The standard InChI is InChI=1S/C13H15FN2S/c1-9-7-10(3-4-11(9)14)12-8-17-13(16-12)5-6-15-2/h3-4,7-8,15H,5-6H2,1-2H3. The fraction of sp³-hybridized carbons (Fsp3) is 0.308. The third kappa shape index (κ3) is 2.90. The number of nitrogens with one attached hydrogen (secondary N) is 1. The summed E-state index contributed by atoms with van der Waals surface area (Å²) in [6.45, 7) is 2.70. The molecule has 1 aromatic heterocycles. The average molecular weight is 250 g/mol. The molecule has 17 heavy (non-hydrogen) atoms. The van der Waals surface area contributed by atoms with Crippen LogP contribution in [0.3, 0.4) is 0 Å². The number of aryl methyl sites for hydroxylation is 1. The summed E-state index contributed by atoms with van der Waals surface area (Å²) >= 11 is 1.65. The van der Waals surface area contributed by atoms with Crippen LogP contribution in [0.4, 0.5) is 4.39 Å². The number of halogens is 1. The highest BCUT2D eigenvalue weighted by atomic mass is 32.1. The lowest BCUT2D eigenvalue weighted by Crippen LogP contribution is -2.09. The van der Waals surface area contributed by atoms with Crippen molar-refractivity contribution in [2.24, 2.45) is 0 Å². The Kier molecular flexibility index (Phi) is 3.86. The first-order valence-corrected chi connectivity index (χ1v) is 6.44. The van der Waals surface area contributed by atoms with E-state index >= 15 is 0 Å². The van der Waals surface area contributed by atoms with E-state index in [1.54, 1.807) is 24.3 Å². The first-order valence-electron chi connectivity index (χ1n) is 5.56. The zero-order chi connectivity index (χ0) is 12.3. The zero-order valence-electron chi connectivity index (χ0n) is 9.96. The van der Waals surface area contributed by atoms with Gasteiger partial charge in [0.25, 0.3) is 0 Å². The minimum atomic E-state index is -0.167. The average Bonchev–Trinajstić information content (AvgIpc) is 2.79. The third-order valence-electron chi connectivity index (χ3n) is 2.59. The summed E-state index contributed by atoms with van der Waals surface area (Å²) < 4.78 is 13.2. The van der Waals surface area contributed by atoms with Crippen molar-refractivity contribution in [1.29, 1.82) is 0 Å². The Balaban J connectivity index is 2.21. The van der Waals surface area contributed by atoms with Gasteiger partial charge in [-0.2, -0.15) is 0 Å². The highest BCUT2D eigenvalue weighted by Gasteiger charge is 2.06. The Morgan fingerprint density at radius 2 is 2.24 bits per heavy atom. The maximum absolute atomic E-state index is 13.2. The number of rotatable bonds is 4. The van der Waals surface area contributed by atoms with Gasteiger partial charge in [-0.15, -0.1) is 11.3 Å². The molecule has 0 saturated carbocycles. The van der Waals surface area contributed by atoms with Crippen LogP contribution in [0.25, 0.3) is 11.3 Å². The van der Waals surface area contributed by atoms with Gasteiger partial charge >= 0.3 is 0 Å². The molecular weight excluding hydrogens is 235 g/mol. The molecule has 2 nitrogen and oxygen atoms in total. The van der Waals surface area contributed by atoms with Crippen molar-refractivity contribution in [2.45, 2.75) is 13.3 Å². The van der Waals surface area contributed by atoms with E-state index in [-0.39, 0.29) is 5.82 Å². The Morgan fingerprint density at radius 3 is 2.94 bits per heavy atom. The second-order valence-corrected chi connectivity index (χ2v) is 4.89. The van der Waals surface area contributed by atoms with Gasteiger partial charge in [0.05, 0.1) is 10.7 Å². The smallest absolute Gasteiger partial charge is 0.126 e. The maximum Gasteiger partial charge on any atom is 0.126 e. The summed E-state index contributed by atoms with van der Waals surface area (Å²) in [6.07, 6.45) is 0.932. The van der Waals surface area contributed by atoms with Gasteiger partial charge in [-0.25, -0.2) is 9.37 Å². The molecule has 0 atom stereocenters. The Labute approximate surface area is 105 Å². The molecular formula is C13H15FN2S. The zero-order valence-corrected chi connectivity index (χ0v) is 10.8. The van der Waals surface area contributed by atoms with Gasteiger partial charge in [0.2, 0.25) is 0 Å². The van der Waals surface area contributed by atoms with Gasteiger partial charge in [-0.1, -0.05) is 0 Å². The van der Waals surface area contributed by atoms with Gasteiger partial charge in [-0.3, -0.25) is 0 Å². The van der Waals surface area contributed by atoms with E-state index in [1.807, 2.05) is 18.5 Å². The molecule has 4 heteroatoms. The van der Waals surface area contributed by atoms with E-state index in [4.69, 9.17) is 0 Å². The molecule has 1 N–H and O–H groups in total. The SMILES string of the molecule is CNCCc1nc(-c2ccc(F)c(C)c2)cs1. The molecule has 0 spiro atoms. The number of hydrogen-bond acceptors (Lipinski definition) is 3. The molecule has 0 radical (unpaired) electrons. The molecule has 0 aliphatic heterocycles. The van der Waals surface area contributed by atoms with Crippen LogP contribution in [0, 0.1) is 12.7 Å². The molecule has 1 aromatic carbocycles. The van der Waals surface area contributed by atoms with Gasteiger partial charge < -0.3 is 5.32 Å². The second-order valence-electron chi connectivity index (χ2n) is 3.94. The Hall–Kier alpha value is -1.26. The van der Waals surface area contributed by atoms with E-state index in [2.05, 4.69) is 10.3 Å². The number of benzene rings is 1. The van der Waals surface area contributed by atoms with Crippen molar-refractivity contribution in [3.8, 4) is 11.3 Å². The Morgan fingerprint density at radius 1 is 1.41 bits per heavy atom. The van der Waals surface area contributed by atoms with E-state index in [0.717, 1.165) is 29.2 Å². The molecule has 0 aliphatic carbocycles.